The normalized spacial score (nSPS) is 16.4. The average molecular weight is 402 g/mol. The van der Waals surface area contributed by atoms with Crippen LogP contribution in [0, 0.1) is 0 Å². The Morgan fingerprint density at radius 1 is 1.14 bits per heavy atom. The summed E-state index contributed by atoms with van der Waals surface area (Å²) in [4.78, 5) is 7.23. The molecule has 1 aromatic carbocycles. The van der Waals surface area contributed by atoms with Crippen LogP contribution < -0.4 is 5.32 Å². The number of piperidine rings is 1. The largest absolute Gasteiger partial charge is 0.359 e. The summed E-state index contributed by atoms with van der Waals surface area (Å²) in [6.45, 7) is 11.3. The lowest BCUT2D eigenvalue weighted by Crippen LogP contribution is -2.29. The number of rotatable bonds is 9. The van der Waals surface area contributed by atoms with Gasteiger partial charge in [-0.25, -0.2) is 4.68 Å². The molecule has 1 fully saturated rings. The smallest absolute Gasteiger partial charge is 0.223 e. The van der Waals surface area contributed by atoms with Crippen LogP contribution in [-0.2, 0) is 18.0 Å². The highest BCUT2D eigenvalue weighted by molar-refractivity contribution is 6.76. The Kier molecular flexibility index (Phi) is 7.26. The van der Waals surface area contributed by atoms with Gasteiger partial charge in [0.25, 0.3) is 0 Å². The number of hydrogen-bond acceptors (Lipinski definition) is 5. The highest BCUT2D eigenvalue weighted by Crippen LogP contribution is 2.26. The van der Waals surface area contributed by atoms with E-state index in [1.807, 2.05) is 10.7 Å². The third-order valence-corrected chi connectivity index (χ3v) is 6.98. The Morgan fingerprint density at radius 2 is 1.86 bits per heavy atom. The summed E-state index contributed by atoms with van der Waals surface area (Å²) >= 11 is 0. The lowest BCUT2D eigenvalue weighted by Gasteiger charge is -2.27. The first-order valence-corrected chi connectivity index (χ1v) is 14.1. The van der Waals surface area contributed by atoms with Crippen LogP contribution in [0.2, 0.25) is 25.7 Å². The van der Waals surface area contributed by atoms with E-state index in [0.29, 0.717) is 12.6 Å². The molecule has 1 aliphatic heterocycles. The highest BCUT2D eigenvalue weighted by atomic mass is 28.3. The van der Waals surface area contributed by atoms with E-state index in [2.05, 4.69) is 61.2 Å². The molecule has 0 radical (unpaired) electrons. The fraction of sp³-hybridized carbons (Fsp3) is 0.619. The quantitative estimate of drug-likeness (QED) is 0.508. The molecule has 7 heteroatoms. The van der Waals surface area contributed by atoms with Crippen molar-refractivity contribution >= 4 is 14.0 Å². The number of likely N-dealkylation sites (tertiary alicyclic amines) is 1. The molecular weight excluding hydrogens is 366 g/mol. The number of nitrogens with one attached hydrogen (secondary N) is 1. The van der Waals surface area contributed by atoms with Gasteiger partial charge in [-0.15, -0.1) is 0 Å². The van der Waals surface area contributed by atoms with Crippen molar-refractivity contribution in [2.75, 3.05) is 32.1 Å². The van der Waals surface area contributed by atoms with Crippen LogP contribution in [0.25, 0.3) is 0 Å². The van der Waals surface area contributed by atoms with E-state index in [1.165, 1.54) is 5.56 Å². The van der Waals surface area contributed by atoms with Gasteiger partial charge in [0.1, 0.15) is 6.73 Å². The van der Waals surface area contributed by atoms with Crippen molar-refractivity contribution in [3.8, 4) is 0 Å². The molecule has 1 aliphatic rings. The number of benzene rings is 1. The predicted molar refractivity (Wildman–Crippen MR) is 117 cm³/mol. The summed E-state index contributed by atoms with van der Waals surface area (Å²) in [7, 11) is 1.10. The third-order valence-electron chi connectivity index (χ3n) is 5.28. The van der Waals surface area contributed by atoms with Gasteiger partial charge in [0.15, 0.2) is 5.82 Å². The first-order chi connectivity index (χ1) is 13.4. The van der Waals surface area contributed by atoms with Crippen LogP contribution in [0.4, 0.5) is 5.95 Å². The van der Waals surface area contributed by atoms with Crippen molar-refractivity contribution in [2.45, 2.75) is 57.7 Å². The molecule has 2 aromatic rings. The second kappa shape index (κ2) is 9.67. The van der Waals surface area contributed by atoms with E-state index in [1.54, 1.807) is 0 Å². The zero-order valence-corrected chi connectivity index (χ0v) is 18.8. The Morgan fingerprint density at radius 3 is 2.54 bits per heavy atom. The number of aromatic nitrogens is 3. The second-order valence-electron chi connectivity index (χ2n) is 9.06. The molecular formula is C21H35N5OSi. The molecule has 1 N–H and O–H groups in total. The van der Waals surface area contributed by atoms with Crippen molar-refractivity contribution in [1.29, 1.82) is 0 Å². The number of hydrogen-bond donors (Lipinski definition) is 1. The first kappa shape index (κ1) is 21.0. The van der Waals surface area contributed by atoms with Crippen LogP contribution in [0.15, 0.2) is 30.3 Å². The fourth-order valence-electron chi connectivity index (χ4n) is 3.33. The number of nitrogens with zero attached hydrogens (tertiary/aromatic N) is 4. The van der Waals surface area contributed by atoms with Crippen LogP contribution in [0.5, 0.6) is 0 Å². The molecule has 3 rings (SSSR count). The molecule has 0 bridgehead atoms. The molecule has 1 aromatic heterocycles. The van der Waals surface area contributed by atoms with Crippen molar-refractivity contribution < 1.29 is 4.74 Å². The maximum absolute atomic E-state index is 5.95. The monoisotopic (exact) mass is 401 g/mol. The average Bonchev–Trinajstić information content (AvgIpc) is 3.07. The van der Waals surface area contributed by atoms with Gasteiger partial charge in [-0.2, -0.15) is 10.1 Å². The minimum absolute atomic E-state index is 0.441. The summed E-state index contributed by atoms with van der Waals surface area (Å²) in [6, 6.07) is 11.6. The minimum Gasteiger partial charge on any atom is -0.359 e. The second-order valence-corrected chi connectivity index (χ2v) is 14.7. The van der Waals surface area contributed by atoms with Crippen molar-refractivity contribution in [1.82, 2.24) is 19.7 Å². The number of anilines is 1. The van der Waals surface area contributed by atoms with E-state index >= 15 is 0 Å². The topological polar surface area (TPSA) is 55.2 Å². The van der Waals surface area contributed by atoms with E-state index in [-0.39, 0.29) is 0 Å². The van der Waals surface area contributed by atoms with E-state index in [0.717, 1.165) is 56.9 Å². The Balaban J connectivity index is 1.65. The van der Waals surface area contributed by atoms with E-state index < -0.39 is 8.07 Å². The molecule has 0 amide bonds. The van der Waals surface area contributed by atoms with Crippen molar-refractivity contribution in [3.05, 3.63) is 41.7 Å². The van der Waals surface area contributed by atoms with Gasteiger partial charge in [-0.1, -0.05) is 50.0 Å². The van der Waals surface area contributed by atoms with Gasteiger partial charge >= 0.3 is 0 Å². The summed E-state index contributed by atoms with van der Waals surface area (Å²) in [5.74, 6) is 2.21. The predicted octanol–water partition coefficient (Wildman–Crippen LogP) is 4.01. The standard InChI is InChI=1S/C21H35N5OSi/c1-25-12-10-19(11-13-25)20-23-21(22-16-18-8-6-5-7-9-18)26(24-20)17-27-14-15-28(2,3)4/h5-9,19H,10-17H2,1-4H3,(H,22,23,24). The summed E-state index contributed by atoms with van der Waals surface area (Å²) in [5, 5.41) is 8.28. The van der Waals surface area contributed by atoms with E-state index in [9.17, 15) is 0 Å². The molecule has 0 unspecified atom stereocenters. The summed E-state index contributed by atoms with van der Waals surface area (Å²) < 4.78 is 7.86. The van der Waals surface area contributed by atoms with Gasteiger partial charge in [0.2, 0.25) is 5.95 Å². The SMILES string of the molecule is CN1CCC(c2nc(NCc3ccccc3)n(COCC[Si](C)(C)C)n2)CC1. The first-order valence-electron chi connectivity index (χ1n) is 10.4. The van der Waals surface area contributed by atoms with Gasteiger partial charge in [0.05, 0.1) is 0 Å². The molecule has 0 atom stereocenters. The molecule has 0 saturated carbocycles. The molecule has 0 spiro atoms. The van der Waals surface area contributed by atoms with Gasteiger partial charge in [-0.05, 0) is 44.6 Å². The lowest BCUT2D eigenvalue weighted by atomic mass is 9.97. The summed E-state index contributed by atoms with van der Waals surface area (Å²) in [5.41, 5.74) is 1.23. The Bertz CT molecular complexity index is 720. The molecule has 154 valence electrons. The molecule has 1 saturated heterocycles. The Labute approximate surface area is 170 Å². The maximum Gasteiger partial charge on any atom is 0.223 e. The molecule has 0 aliphatic carbocycles. The minimum atomic E-state index is -1.09. The van der Waals surface area contributed by atoms with Crippen LogP contribution in [0.3, 0.4) is 0 Å². The highest BCUT2D eigenvalue weighted by Gasteiger charge is 2.23. The van der Waals surface area contributed by atoms with Gasteiger partial charge in [-0.3, -0.25) is 0 Å². The maximum atomic E-state index is 5.95. The van der Waals surface area contributed by atoms with Gasteiger partial charge < -0.3 is 15.0 Å². The third kappa shape index (κ3) is 6.43. The lowest BCUT2D eigenvalue weighted by molar-refractivity contribution is 0.0793. The zero-order chi connectivity index (χ0) is 20.0. The van der Waals surface area contributed by atoms with Gasteiger partial charge in [0, 0.05) is 27.1 Å². The molecule has 28 heavy (non-hydrogen) atoms. The van der Waals surface area contributed by atoms with E-state index in [4.69, 9.17) is 14.8 Å². The van der Waals surface area contributed by atoms with Crippen LogP contribution >= 0.6 is 0 Å². The number of ether oxygens (including phenoxy) is 1. The fourth-order valence-corrected chi connectivity index (χ4v) is 4.08. The van der Waals surface area contributed by atoms with Crippen molar-refractivity contribution in [2.24, 2.45) is 0 Å². The van der Waals surface area contributed by atoms with Crippen molar-refractivity contribution in [3.63, 3.8) is 0 Å². The zero-order valence-electron chi connectivity index (χ0n) is 17.8. The molecule has 6 nitrogen and oxygen atoms in total. The van der Waals surface area contributed by atoms with Crippen LogP contribution in [-0.4, -0.2) is 54.5 Å². The van der Waals surface area contributed by atoms with Crippen LogP contribution in [0.1, 0.15) is 30.1 Å². The summed E-state index contributed by atoms with van der Waals surface area (Å²) in [6.07, 6.45) is 2.24. The molecule has 2 heterocycles. The Hall–Kier alpha value is -1.70.